The van der Waals surface area contributed by atoms with Crippen LogP contribution in [0.3, 0.4) is 0 Å². The first kappa shape index (κ1) is 18.2. The zero-order chi connectivity index (χ0) is 20.0. The van der Waals surface area contributed by atoms with E-state index in [0.717, 1.165) is 43.9 Å². The molecule has 1 aliphatic rings. The van der Waals surface area contributed by atoms with Crippen molar-refractivity contribution in [1.82, 2.24) is 15.0 Å². The molecule has 0 atom stereocenters. The van der Waals surface area contributed by atoms with Crippen LogP contribution in [0.2, 0.25) is 0 Å². The molecule has 5 rings (SSSR count). The number of nitrogens with one attached hydrogen (secondary N) is 1. The fourth-order valence-electron chi connectivity index (χ4n) is 3.94. The smallest absolute Gasteiger partial charge is 0.147 e. The van der Waals surface area contributed by atoms with Gasteiger partial charge >= 0.3 is 0 Å². The van der Waals surface area contributed by atoms with Crippen LogP contribution in [0.5, 0.6) is 0 Å². The third kappa shape index (κ3) is 3.09. The van der Waals surface area contributed by atoms with E-state index >= 15 is 0 Å². The number of thiophene rings is 1. The Morgan fingerprint density at radius 3 is 2.83 bits per heavy atom. The Morgan fingerprint density at radius 2 is 2.03 bits per heavy atom. The van der Waals surface area contributed by atoms with Gasteiger partial charge in [-0.2, -0.15) is 0 Å². The highest BCUT2D eigenvalue weighted by molar-refractivity contribution is 7.26. The lowest BCUT2D eigenvalue weighted by Gasteiger charge is -2.33. The molecule has 0 saturated heterocycles. The molecule has 6 heteroatoms. The first-order valence-corrected chi connectivity index (χ1v) is 10.5. The molecule has 1 aromatic carbocycles. The SMILES string of the molecule is C=CCNc1ncnc2c1sc1nc(-c3ccccc3)c3c(c12)CC(C)(C)OC3. The molecule has 0 unspecified atom stereocenters. The summed E-state index contributed by atoms with van der Waals surface area (Å²) in [6.07, 6.45) is 4.28. The van der Waals surface area contributed by atoms with Gasteiger partial charge in [-0.3, -0.25) is 0 Å². The normalized spacial score (nSPS) is 15.4. The van der Waals surface area contributed by atoms with Crippen molar-refractivity contribution in [2.24, 2.45) is 0 Å². The zero-order valence-electron chi connectivity index (χ0n) is 16.5. The van der Waals surface area contributed by atoms with Crippen molar-refractivity contribution in [3.63, 3.8) is 0 Å². The van der Waals surface area contributed by atoms with Crippen molar-refractivity contribution in [3.05, 3.63) is 60.4 Å². The number of hydrogen-bond acceptors (Lipinski definition) is 6. The van der Waals surface area contributed by atoms with Crippen LogP contribution in [0.4, 0.5) is 5.82 Å². The van der Waals surface area contributed by atoms with Crippen LogP contribution in [-0.4, -0.2) is 27.1 Å². The van der Waals surface area contributed by atoms with Crippen molar-refractivity contribution in [1.29, 1.82) is 0 Å². The van der Waals surface area contributed by atoms with Crippen molar-refractivity contribution < 1.29 is 4.74 Å². The lowest BCUT2D eigenvalue weighted by molar-refractivity contribution is -0.0394. The van der Waals surface area contributed by atoms with E-state index < -0.39 is 0 Å². The van der Waals surface area contributed by atoms with E-state index in [9.17, 15) is 0 Å². The van der Waals surface area contributed by atoms with Crippen LogP contribution >= 0.6 is 11.3 Å². The van der Waals surface area contributed by atoms with Crippen LogP contribution < -0.4 is 5.32 Å². The second kappa shape index (κ2) is 6.90. The first-order chi connectivity index (χ1) is 14.1. The van der Waals surface area contributed by atoms with Gasteiger partial charge in [0.2, 0.25) is 0 Å². The topological polar surface area (TPSA) is 59.9 Å². The van der Waals surface area contributed by atoms with Gasteiger partial charge in [-0.15, -0.1) is 17.9 Å². The molecule has 0 saturated carbocycles. The second-order valence-electron chi connectivity index (χ2n) is 7.86. The summed E-state index contributed by atoms with van der Waals surface area (Å²) >= 11 is 1.65. The Labute approximate surface area is 173 Å². The van der Waals surface area contributed by atoms with Crippen molar-refractivity contribution in [2.75, 3.05) is 11.9 Å². The molecular weight excluding hydrogens is 380 g/mol. The van der Waals surface area contributed by atoms with Crippen molar-refractivity contribution in [3.8, 4) is 11.3 Å². The second-order valence-corrected chi connectivity index (χ2v) is 8.86. The Bertz CT molecular complexity index is 1230. The number of hydrogen-bond donors (Lipinski definition) is 1. The van der Waals surface area contributed by atoms with Gasteiger partial charge in [-0.25, -0.2) is 15.0 Å². The minimum Gasteiger partial charge on any atom is -0.370 e. The van der Waals surface area contributed by atoms with Crippen LogP contribution in [0.15, 0.2) is 49.3 Å². The van der Waals surface area contributed by atoms with Crippen LogP contribution in [0, 0.1) is 0 Å². The van der Waals surface area contributed by atoms with E-state index in [0.29, 0.717) is 13.2 Å². The number of anilines is 1. The molecule has 29 heavy (non-hydrogen) atoms. The molecule has 0 fully saturated rings. The van der Waals surface area contributed by atoms with E-state index in [1.165, 1.54) is 11.1 Å². The number of rotatable bonds is 4. The summed E-state index contributed by atoms with van der Waals surface area (Å²) in [6.45, 7) is 9.29. The van der Waals surface area contributed by atoms with E-state index in [-0.39, 0.29) is 5.60 Å². The molecule has 1 N–H and O–H groups in total. The molecule has 4 aromatic rings. The minimum absolute atomic E-state index is 0.222. The maximum Gasteiger partial charge on any atom is 0.147 e. The number of benzene rings is 1. The van der Waals surface area contributed by atoms with Gasteiger partial charge in [0.15, 0.2) is 0 Å². The highest BCUT2D eigenvalue weighted by atomic mass is 32.1. The molecule has 146 valence electrons. The maximum atomic E-state index is 6.18. The number of aromatic nitrogens is 3. The molecule has 0 radical (unpaired) electrons. The summed E-state index contributed by atoms with van der Waals surface area (Å²) in [5.74, 6) is 0.833. The number of ether oxygens (including phenoxy) is 1. The summed E-state index contributed by atoms with van der Waals surface area (Å²) < 4.78 is 7.21. The summed E-state index contributed by atoms with van der Waals surface area (Å²) in [7, 11) is 0. The number of fused-ring (bicyclic) bond motifs is 5. The Morgan fingerprint density at radius 1 is 1.21 bits per heavy atom. The summed E-state index contributed by atoms with van der Waals surface area (Å²) in [5.41, 5.74) is 5.32. The fraction of sp³-hybridized carbons (Fsp3) is 0.261. The van der Waals surface area contributed by atoms with Gasteiger partial charge in [0, 0.05) is 29.5 Å². The average molecular weight is 403 g/mol. The Hall–Kier alpha value is -2.83. The molecule has 0 aliphatic carbocycles. The van der Waals surface area contributed by atoms with Crippen molar-refractivity contribution in [2.45, 2.75) is 32.5 Å². The van der Waals surface area contributed by atoms with Gasteiger partial charge in [0.1, 0.15) is 17.0 Å². The first-order valence-electron chi connectivity index (χ1n) is 9.70. The van der Waals surface area contributed by atoms with Crippen molar-refractivity contribution >= 4 is 37.6 Å². The Kier molecular flexibility index (Phi) is 4.33. The van der Waals surface area contributed by atoms with E-state index in [1.807, 2.05) is 12.1 Å². The van der Waals surface area contributed by atoms with Gasteiger partial charge in [-0.05, 0) is 19.4 Å². The standard InChI is InChI=1S/C23H22N4OS/c1-4-10-24-21-20-19(25-13-26-21)17-15-11-23(2,3)28-12-16(15)18(27-22(17)29-20)14-8-6-5-7-9-14/h4-9,13H,1,10-12H2,2-3H3,(H,24,25,26). The van der Waals surface area contributed by atoms with E-state index in [4.69, 9.17) is 9.72 Å². The Balaban J connectivity index is 1.84. The lowest BCUT2D eigenvalue weighted by Crippen LogP contribution is -2.32. The number of pyridine rings is 1. The van der Waals surface area contributed by atoms with E-state index in [1.54, 1.807) is 17.7 Å². The van der Waals surface area contributed by atoms with Crippen LogP contribution in [0.1, 0.15) is 25.0 Å². The largest absolute Gasteiger partial charge is 0.370 e. The molecule has 0 amide bonds. The predicted octanol–water partition coefficient (Wildman–Crippen LogP) is 5.36. The lowest BCUT2D eigenvalue weighted by atomic mass is 9.88. The number of nitrogens with zero attached hydrogens (tertiary/aromatic N) is 3. The van der Waals surface area contributed by atoms with Gasteiger partial charge in [0.05, 0.1) is 28.1 Å². The molecular formula is C23H22N4OS. The van der Waals surface area contributed by atoms with E-state index in [2.05, 4.69) is 60.0 Å². The minimum atomic E-state index is -0.222. The van der Waals surface area contributed by atoms with Crippen LogP contribution in [-0.2, 0) is 17.8 Å². The summed E-state index contributed by atoms with van der Waals surface area (Å²) in [6, 6.07) is 10.3. The average Bonchev–Trinajstić information content (AvgIpc) is 3.11. The highest BCUT2D eigenvalue weighted by Gasteiger charge is 2.32. The maximum absolute atomic E-state index is 6.18. The molecule has 0 bridgehead atoms. The molecule has 0 spiro atoms. The van der Waals surface area contributed by atoms with Crippen LogP contribution in [0.25, 0.3) is 31.7 Å². The monoisotopic (exact) mass is 402 g/mol. The molecule has 3 aromatic heterocycles. The predicted molar refractivity (Wildman–Crippen MR) is 119 cm³/mol. The zero-order valence-corrected chi connectivity index (χ0v) is 17.3. The van der Waals surface area contributed by atoms with Gasteiger partial charge < -0.3 is 10.1 Å². The third-order valence-electron chi connectivity index (χ3n) is 5.29. The quantitative estimate of drug-likeness (QED) is 0.466. The summed E-state index contributed by atoms with van der Waals surface area (Å²) in [4.78, 5) is 15.2. The van der Waals surface area contributed by atoms with Gasteiger partial charge in [0.25, 0.3) is 0 Å². The molecule has 4 heterocycles. The van der Waals surface area contributed by atoms with Gasteiger partial charge in [-0.1, -0.05) is 36.4 Å². The highest BCUT2D eigenvalue weighted by Crippen LogP contribution is 2.43. The fourth-order valence-corrected chi connectivity index (χ4v) is 5.06. The molecule has 1 aliphatic heterocycles. The molecule has 5 nitrogen and oxygen atoms in total. The summed E-state index contributed by atoms with van der Waals surface area (Å²) in [5, 5.41) is 4.47. The third-order valence-corrected chi connectivity index (χ3v) is 6.37.